The number of ether oxygens (including phenoxy) is 1. The molecule has 2 heterocycles. The van der Waals surface area contributed by atoms with Gasteiger partial charge in [-0.05, 0) is 49.6 Å². The van der Waals surface area contributed by atoms with Crippen LogP contribution in [0, 0.1) is 0 Å². The molecule has 2 aliphatic heterocycles. The van der Waals surface area contributed by atoms with Gasteiger partial charge in [-0.15, -0.1) is 0 Å². The molecule has 1 fully saturated rings. The number of nitrogens with zero attached hydrogens (tertiary/aromatic N) is 1. The number of likely N-dealkylation sites (N-methyl/N-ethyl adjacent to an activating group) is 1. The van der Waals surface area contributed by atoms with E-state index in [1.54, 1.807) is 7.11 Å². The highest BCUT2D eigenvalue weighted by atomic mass is 35.5. The smallest absolute Gasteiger partial charge is 0.241 e. The lowest BCUT2D eigenvalue weighted by Crippen LogP contribution is -2.35. The van der Waals surface area contributed by atoms with Crippen LogP contribution in [0.4, 0.5) is 5.69 Å². The molecule has 0 radical (unpaired) electrons. The minimum atomic E-state index is -0.205. The van der Waals surface area contributed by atoms with Crippen LogP contribution in [0.1, 0.15) is 17.5 Å². The van der Waals surface area contributed by atoms with Gasteiger partial charge in [0.05, 0.1) is 12.1 Å². The average molecular weight is 338 g/mol. The van der Waals surface area contributed by atoms with Gasteiger partial charge in [0.15, 0.2) is 0 Å². The number of carbonyl (C=O) groups is 1. The lowest BCUT2D eigenvalue weighted by atomic mass is 10.0. The first-order chi connectivity index (χ1) is 11.1. The minimum Gasteiger partial charge on any atom is -0.380 e. The van der Waals surface area contributed by atoms with Gasteiger partial charge in [-0.3, -0.25) is 4.79 Å². The van der Waals surface area contributed by atoms with Gasteiger partial charge in [-0.2, -0.15) is 0 Å². The standard InChI is InChI=1S/C17H24ClN3O2/c1-21-5-3-11-7-12(8-15(18)14(11)4-6-21)20-17(22)16-9-13(23-2)10-19-16/h7-8,13,16,19H,3-6,9-10H2,1-2H3,(H,20,22)/t13-,16-/m1/s1. The summed E-state index contributed by atoms with van der Waals surface area (Å²) in [6, 6.07) is 3.73. The zero-order valence-electron chi connectivity index (χ0n) is 13.7. The summed E-state index contributed by atoms with van der Waals surface area (Å²) >= 11 is 6.45. The maximum absolute atomic E-state index is 12.4. The number of anilines is 1. The second-order valence-electron chi connectivity index (χ2n) is 6.44. The van der Waals surface area contributed by atoms with Crippen molar-refractivity contribution >= 4 is 23.2 Å². The van der Waals surface area contributed by atoms with Gasteiger partial charge >= 0.3 is 0 Å². The fourth-order valence-corrected chi connectivity index (χ4v) is 3.64. The second kappa shape index (κ2) is 7.18. The maximum atomic E-state index is 12.4. The summed E-state index contributed by atoms with van der Waals surface area (Å²) in [7, 11) is 3.80. The van der Waals surface area contributed by atoms with Crippen LogP contribution in [0.25, 0.3) is 0 Å². The predicted octanol–water partition coefficient (Wildman–Crippen LogP) is 1.69. The quantitative estimate of drug-likeness (QED) is 0.881. The molecule has 2 N–H and O–H groups in total. The molecule has 1 aromatic carbocycles. The third kappa shape index (κ3) is 3.86. The first-order valence-corrected chi connectivity index (χ1v) is 8.51. The predicted molar refractivity (Wildman–Crippen MR) is 92.2 cm³/mol. The highest BCUT2D eigenvalue weighted by Gasteiger charge is 2.29. The number of amides is 1. The summed E-state index contributed by atoms with van der Waals surface area (Å²) in [5.41, 5.74) is 3.24. The number of rotatable bonds is 3. The van der Waals surface area contributed by atoms with E-state index in [2.05, 4.69) is 28.6 Å². The normalized spacial score (nSPS) is 25.0. The summed E-state index contributed by atoms with van der Waals surface area (Å²) in [5, 5.41) is 6.94. The molecular weight excluding hydrogens is 314 g/mol. The molecule has 5 nitrogen and oxygen atoms in total. The fourth-order valence-electron chi connectivity index (χ4n) is 3.31. The number of hydrogen-bond donors (Lipinski definition) is 2. The van der Waals surface area contributed by atoms with Crippen LogP contribution >= 0.6 is 11.6 Å². The topological polar surface area (TPSA) is 53.6 Å². The molecular formula is C17H24ClN3O2. The Balaban J connectivity index is 1.72. The first-order valence-electron chi connectivity index (χ1n) is 8.13. The molecule has 0 aromatic heterocycles. The van der Waals surface area contributed by atoms with Crippen LogP contribution in [0.5, 0.6) is 0 Å². The summed E-state index contributed by atoms with van der Waals surface area (Å²) in [4.78, 5) is 14.7. The SMILES string of the molecule is CO[C@H]1CN[C@@H](C(=O)Nc2cc(Cl)c3c(c2)CCN(C)CC3)C1. The first kappa shape index (κ1) is 16.7. The van der Waals surface area contributed by atoms with E-state index in [0.29, 0.717) is 13.0 Å². The Morgan fingerprint density at radius 2 is 2.17 bits per heavy atom. The zero-order chi connectivity index (χ0) is 16.4. The van der Waals surface area contributed by atoms with Gasteiger partial charge < -0.3 is 20.3 Å². The second-order valence-corrected chi connectivity index (χ2v) is 6.85. The van der Waals surface area contributed by atoms with Crippen molar-refractivity contribution in [1.82, 2.24) is 10.2 Å². The number of methoxy groups -OCH3 is 1. The summed E-state index contributed by atoms with van der Waals surface area (Å²) in [5.74, 6) is -0.0219. The molecule has 6 heteroatoms. The van der Waals surface area contributed by atoms with E-state index in [1.807, 2.05) is 6.07 Å². The van der Waals surface area contributed by atoms with Crippen LogP contribution in [-0.2, 0) is 22.4 Å². The van der Waals surface area contributed by atoms with E-state index in [4.69, 9.17) is 16.3 Å². The number of fused-ring (bicyclic) bond motifs is 1. The number of halogens is 1. The molecule has 23 heavy (non-hydrogen) atoms. The van der Waals surface area contributed by atoms with Crippen molar-refractivity contribution in [3.05, 3.63) is 28.3 Å². The number of nitrogens with one attached hydrogen (secondary N) is 2. The highest BCUT2D eigenvalue weighted by molar-refractivity contribution is 6.31. The van der Waals surface area contributed by atoms with Crippen LogP contribution in [0.3, 0.4) is 0 Å². The van der Waals surface area contributed by atoms with E-state index >= 15 is 0 Å². The Hall–Kier alpha value is -1.14. The van der Waals surface area contributed by atoms with Crippen molar-refractivity contribution in [2.75, 3.05) is 39.1 Å². The molecule has 0 aliphatic carbocycles. The fraction of sp³-hybridized carbons (Fsp3) is 0.588. The van der Waals surface area contributed by atoms with E-state index in [0.717, 1.165) is 36.6 Å². The summed E-state index contributed by atoms with van der Waals surface area (Å²) in [6.45, 7) is 2.75. The monoisotopic (exact) mass is 337 g/mol. The zero-order valence-corrected chi connectivity index (χ0v) is 14.4. The van der Waals surface area contributed by atoms with E-state index in [1.165, 1.54) is 11.1 Å². The molecule has 0 spiro atoms. The molecule has 2 aliphatic rings. The highest BCUT2D eigenvalue weighted by Crippen LogP contribution is 2.28. The third-order valence-electron chi connectivity index (χ3n) is 4.80. The van der Waals surface area contributed by atoms with Crippen LogP contribution in [0.15, 0.2) is 12.1 Å². The average Bonchev–Trinajstić information content (AvgIpc) is 2.93. The van der Waals surface area contributed by atoms with Crippen molar-refractivity contribution in [1.29, 1.82) is 0 Å². The Morgan fingerprint density at radius 3 is 2.91 bits per heavy atom. The molecule has 2 atom stereocenters. The number of benzene rings is 1. The number of hydrogen-bond acceptors (Lipinski definition) is 4. The minimum absolute atomic E-state index is 0.0219. The molecule has 0 saturated carbocycles. The molecule has 3 rings (SSSR count). The maximum Gasteiger partial charge on any atom is 0.241 e. The number of carbonyl (C=O) groups excluding carboxylic acids is 1. The third-order valence-corrected chi connectivity index (χ3v) is 5.14. The van der Waals surface area contributed by atoms with Crippen molar-refractivity contribution in [2.24, 2.45) is 0 Å². The van der Waals surface area contributed by atoms with E-state index in [9.17, 15) is 4.79 Å². The van der Waals surface area contributed by atoms with E-state index in [-0.39, 0.29) is 18.1 Å². The Morgan fingerprint density at radius 1 is 1.39 bits per heavy atom. The summed E-state index contributed by atoms with van der Waals surface area (Å²) in [6.07, 6.45) is 2.73. The molecule has 1 aromatic rings. The van der Waals surface area contributed by atoms with Crippen molar-refractivity contribution in [2.45, 2.75) is 31.4 Å². The molecule has 126 valence electrons. The lowest BCUT2D eigenvalue weighted by molar-refractivity contribution is -0.118. The molecule has 1 amide bonds. The lowest BCUT2D eigenvalue weighted by Gasteiger charge is -2.15. The Labute approximate surface area is 142 Å². The largest absolute Gasteiger partial charge is 0.380 e. The van der Waals surface area contributed by atoms with Crippen LogP contribution < -0.4 is 10.6 Å². The molecule has 1 saturated heterocycles. The molecule has 0 unspecified atom stereocenters. The van der Waals surface area contributed by atoms with Gasteiger partial charge in [0, 0.05) is 37.5 Å². The molecule has 0 bridgehead atoms. The van der Waals surface area contributed by atoms with Crippen LogP contribution in [0.2, 0.25) is 5.02 Å². The van der Waals surface area contributed by atoms with Gasteiger partial charge in [0.25, 0.3) is 0 Å². The van der Waals surface area contributed by atoms with Gasteiger partial charge in [-0.25, -0.2) is 0 Å². The van der Waals surface area contributed by atoms with Gasteiger partial charge in [0.2, 0.25) is 5.91 Å². The van der Waals surface area contributed by atoms with Crippen molar-refractivity contribution < 1.29 is 9.53 Å². The van der Waals surface area contributed by atoms with E-state index < -0.39 is 0 Å². The van der Waals surface area contributed by atoms with Gasteiger partial charge in [0.1, 0.15) is 0 Å². The Kier molecular flexibility index (Phi) is 5.21. The van der Waals surface area contributed by atoms with Crippen molar-refractivity contribution in [3.63, 3.8) is 0 Å². The summed E-state index contributed by atoms with van der Waals surface area (Å²) < 4.78 is 5.29. The van der Waals surface area contributed by atoms with Crippen LogP contribution in [-0.4, -0.2) is 56.7 Å². The van der Waals surface area contributed by atoms with Crippen molar-refractivity contribution in [3.8, 4) is 0 Å². The van der Waals surface area contributed by atoms with Gasteiger partial charge in [-0.1, -0.05) is 11.6 Å². The Bertz CT molecular complexity index is 593.